The van der Waals surface area contributed by atoms with Gasteiger partial charge in [0.05, 0.1) is 12.0 Å². The number of benzene rings is 1. The van der Waals surface area contributed by atoms with E-state index in [1.165, 1.54) is 17.2 Å². The number of aromatic amines is 1. The number of hydrogen-bond acceptors (Lipinski definition) is 4. The molecule has 7 heteroatoms. The molecule has 0 spiro atoms. The number of nitrogens with zero attached hydrogens (tertiary/aromatic N) is 3. The number of halogens is 1. The molecule has 0 radical (unpaired) electrons. The normalized spacial score (nSPS) is 24.4. The Bertz CT molecular complexity index is 1320. The minimum Gasteiger partial charge on any atom is -0.481 e. The van der Waals surface area contributed by atoms with Crippen molar-refractivity contribution in [3.8, 4) is 11.1 Å². The molecular weight excluding hydrogens is 431 g/mol. The van der Waals surface area contributed by atoms with E-state index >= 15 is 0 Å². The standard InChI is InChI=1S/C27H29FN4O2/c1-3-21-24-23-19(20-14-17(28)4-5-22(20)31(21)2)6-9-29-26(23)30-25(24)15-7-10-32(11-8-15)18-12-16(13-18)27(33)34/h4-7,9,14,16,18,21H,3,8,10-13H2,1-2H3,(H,29,30)(H,33,34)/t16-,18+,21-/m0/s1. The molecule has 2 N–H and O–H groups in total. The first-order valence-corrected chi connectivity index (χ1v) is 12.2. The summed E-state index contributed by atoms with van der Waals surface area (Å²) in [6.07, 6.45) is 7.42. The molecule has 1 aromatic carbocycles. The summed E-state index contributed by atoms with van der Waals surface area (Å²) in [7, 11) is 2.10. The van der Waals surface area contributed by atoms with E-state index in [1.54, 1.807) is 12.3 Å². The Balaban J connectivity index is 1.42. The molecule has 1 saturated carbocycles. The third-order valence-corrected chi connectivity index (χ3v) is 8.09. The first-order valence-electron chi connectivity index (χ1n) is 12.2. The maximum atomic E-state index is 14.3. The van der Waals surface area contributed by atoms with E-state index in [4.69, 9.17) is 0 Å². The molecule has 4 heterocycles. The van der Waals surface area contributed by atoms with Gasteiger partial charge in [0.15, 0.2) is 0 Å². The highest BCUT2D eigenvalue weighted by molar-refractivity contribution is 6.03. The van der Waals surface area contributed by atoms with Crippen LogP contribution in [0.3, 0.4) is 0 Å². The summed E-state index contributed by atoms with van der Waals surface area (Å²) in [5.41, 5.74) is 7.47. The lowest BCUT2D eigenvalue weighted by atomic mass is 9.79. The first-order chi connectivity index (χ1) is 16.5. The smallest absolute Gasteiger partial charge is 0.306 e. The van der Waals surface area contributed by atoms with E-state index in [9.17, 15) is 14.3 Å². The maximum absolute atomic E-state index is 14.3. The van der Waals surface area contributed by atoms with Gasteiger partial charge in [0.1, 0.15) is 11.5 Å². The summed E-state index contributed by atoms with van der Waals surface area (Å²) in [4.78, 5) is 24.2. The number of anilines is 1. The number of pyridine rings is 1. The topological polar surface area (TPSA) is 72.5 Å². The van der Waals surface area contributed by atoms with Crippen LogP contribution in [0.4, 0.5) is 10.1 Å². The van der Waals surface area contributed by atoms with Gasteiger partial charge in [-0.15, -0.1) is 0 Å². The average Bonchev–Trinajstić information content (AvgIpc) is 3.13. The van der Waals surface area contributed by atoms with E-state index in [2.05, 4.69) is 39.8 Å². The molecule has 34 heavy (non-hydrogen) atoms. The number of carbonyl (C=O) groups is 1. The van der Waals surface area contributed by atoms with Gasteiger partial charge in [-0.25, -0.2) is 9.37 Å². The zero-order valence-electron chi connectivity index (χ0n) is 19.5. The van der Waals surface area contributed by atoms with E-state index in [-0.39, 0.29) is 17.8 Å². The fourth-order valence-electron chi connectivity index (χ4n) is 6.15. The third kappa shape index (κ3) is 3.17. The lowest BCUT2D eigenvalue weighted by Crippen LogP contribution is -2.48. The van der Waals surface area contributed by atoms with Crippen molar-refractivity contribution in [2.24, 2.45) is 5.92 Å². The molecule has 1 atom stereocenters. The van der Waals surface area contributed by atoms with Crippen molar-refractivity contribution in [2.45, 2.75) is 44.7 Å². The van der Waals surface area contributed by atoms with E-state index in [0.29, 0.717) is 6.04 Å². The van der Waals surface area contributed by atoms with Crippen molar-refractivity contribution in [3.05, 3.63) is 53.6 Å². The number of H-pyrrole nitrogens is 1. The lowest BCUT2D eigenvalue weighted by Gasteiger charge is -2.42. The fourth-order valence-corrected chi connectivity index (χ4v) is 6.15. The van der Waals surface area contributed by atoms with Gasteiger partial charge in [-0.05, 0) is 61.1 Å². The Labute approximate surface area is 198 Å². The number of aromatic nitrogens is 2. The Hall–Kier alpha value is -3.19. The van der Waals surface area contributed by atoms with E-state index in [1.807, 2.05) is 12.1 Å². The lowest BCUT2D eigenvalue weighted by molar-refractivity contribution is -0.147. The molecule has 6 nitrogen and oxygen atoms in total. The number of carboxylic acid groups (broad SMARTS) is 1. The van der Waals surface area contributed by atoms with Crippen molar-refractivity contribution >= 4 is 28.3 Å². The third-order valence-electron chi connectivity index (χ3n) is 8.09. The highest BCUT2D eigenvalue weighted by atomic mass is 19.1. The van der Waals surface area contributed by atoms with Gasteiger partial charge in [-0.2, -0.15) is 0 Å². The summed E-state index contributed by atoms with van der Waals surface area (Å²) < 4.78 is 14.3. The number of nitrogens with one attached hydrogen (secondary N) is 1. The van der Waals surface area contributed by atoms with Gasteiger partial charge in [-0.1, -0.05) is 13.0 Å². The van der Waals surface area contributed by atoms with Crippen LogP contribution < -0.4 is 4.90 Å². The van der Waals surface area contributed by atoms with E-state index in [0.717, 1.165) is 72.3 Å². The zero-order chi connectivity index (χ0) is 23.6. The van der Waals surface area contributed by atoms with Gasteiger partial charge in [0.25, 0.3) is 0 Å². The van der Waals surface area contributed by atoms with Crippen LogP contribution in [0.1, 0.15) is 49.9 Å². The van der Waals surface area contributed by atoms with Crippen molar-refractivity contribution in [1.29, 1.82) is 0 Å². The minimum absolute atomic E-state index is 0.139. The van der Waals surface area contributed by atoms with Gasteiger partial charge >= 0.3 is 5.97 Å². The monoisotopic (exact) mass is 460 g/mol. The number of rotatable bonds is 4. The molecular formula is C27H29FN4O2. The molecule has 1 fully saturated rings. The van der Waals surface area contributed by atoms with Crippen molar-refractivity contribution in [3.63, 3.8) is 0 Å². The Morgan fingerprint density at radius 1 is 1.26 bits per heavy atom. The van der Waals surface area contributed by atoms with Gasteiger partial charge in [-0.3, -0.25) is 9.69 Å². The minimum atomic E-state index is -0.670. The van der Waals surface area contributed by atoms with Crippen LogP contribution in [0, 0.1) is 11.7 Å². The second-order valence-electron chi connectivity index (χ2n) is 9.83. The quantitative estimate of drug-likeness (QED) is 0.558. The highest BCUT2D eigenvalue weighted by Gasteiger charge is 2.39. The summed E-state index contributed by atoms with van der Waals surface area (Å²) in [5.74, 6) is -1.09. The molecule has 3 aromatic rings. The SMILES string of the molecule is CC[C@H]1c2c(C3=CCN([C@H]4C[C@@H](C(=O)O)C4)CC3)[nH]c3nccc(c23)-c2cc(F)ccc2N1C. The molecule has 0 bridgehead atoms. The van der Waals surface area contributed by atoms with E-state index < -0.39 is 5.97 Å². The number of aliphatic carboxylic acids is 1. The van der Waals surface area contributed by atoms with Gasteiger partial charge < -0.3 is 15.0 Å². The van der Waals surface area contributed by atoms with Crippen molar-refractivity contribution in [2.75, 3.05) is 25.0 Å². The molecule has 0 unspecified atom stereocenters. The molecule has 3 aliphatic rings. The van der Waals surface area contributed by atoms with Crippen LogP contribution in [0.5, 0.6) is 0 Å². The molecule has 1 aliphatic carbocycles. The van der Waals surface area contributed by atoms with Crippen molar-refractivity contribution < 1.29 is 14.3 Å². The summed E-state index contributed by atoms with van der Waals surface area (Å²) in [6, 6.07) is 7.57. The van der Waals surface area contributed by atoms with Crippen molar-refractivity contribution in [1.82, 2.24) is 14.9 Å². The predicted molar refractivity (Wildman–Crippen MR) is 131 cm³/mol. The molecule has 0 saturated heterocycles. The predicted octanol–water partition coefficient (Wildman–Crippen LogP) is 5.22. The molecule has 6 rings (SSSR count). The highest BCUT2D eigenvalue weighted by Crippen LogP contribution is 2.48. The summed E-state index contributed by atoms with van der Waals surface area (Å²) >= 11 is 0. The Morgan fingerprint density at radius 3 is 2.79 bits per heavy atom. The van der Waals surface area contributed by atoms with Crippen LogP contribution in [0.15, 0.2) is 36.5 Å². The Morgan fingerprint density at radius 2 is 2.09 bits per heavy atom. The van der Waals surface area contributed by atoms with Crippen LogP contribution >= 0.6 is 0 Å². The summed E-state index contributed by atoms with van der Waals surface area (Å²) in [6.45, 7) is 3.95. The average molecular weight is 461 g/mol. The van der Waals surface area contributed by atoms with Crippen LogP contribution in [0.25, 0.3) is 27.7 Å². The van der Waals surface area contributed by atoms with Crippen LogP contribution in [-0.4, -0.2) is 52.1 Å². The second-order valence-corrected chi connectivity index (χ2v) is 9.83. The fraction of sp³-hybridized carbons (Fsp3) is 0.407. The van der Waals surface area contributed by atoms with Crippen LogP contribution in [0.2, 0.25) is 0 Å². The van der Waals surface area contributed by atoms with Gasteiger partial charge in [0.2, 0.25) is 0 Å². The molecule has 0 amide bonds. The second kappa shape index (κ2) is 7.94. The molecule has 176 valence electrons. The van der Waals surface area contributed by atoms with Crippen LogP contribution in [-0.2, 0) is 4.79 Å². The number of fused-ring (bicyclic) bond motifs is 2. The zero-order valence-corrected chi connectivity index (χ0v) is 19.5. The first kappa shape index (κ1) is 21.4. The number of hydrogen-bond donors (Lipinski definition) is 2. The van der Waals surface area contributed by atoms with Gasteiger partial charge in [0, 0.05) is 60.3 Å². The largest absolute Gasteiger partial charge is 0.481 e. The maximum Gasteiger partial charge on any atom is 0.306 e. The Kier molecular flexibility index (Phi) is 4.99. The number of carboxylic acids is 1. The molecule has 2 aromatic heterocycles. The summed E-state index contributed by atoms with van der Waals surface area (Å²) in [5, 5.41) is 10.3. The molecule has 2 aliphatic heterocycles.